The van der Waals surface area contributed by atoms with Crippen LogP contribution in [0.4, 0.5) is 11.9 Å². The second-order valence-corrected chi connectivity index (χ2v) is 5.91. The third kappa shape index (κ3) is 3.44. The van der Waals surface area contributed by atoms with Crippen LogP contribution in [-0.4, -0.2) is 15.0 Å². The number of benzene rings is 1. The van der Waals surface area contributed by atoms with Crippen LogP contribution < -0.4 is 11.1 Å². The summed E-state index contributed by atoms with van der Waals surface area (Å²) in [7, 11) is 0. The minimum atomic E-state index is 0.103. The van der Waals surface area contributed by atoms with Crippen molar-refractivity contribution in [1.29, 1.82) is 0 Å². The third-order valence-electron chi connectivity index (χ3n) is 3.21. The van der Waals surface area contributed by atoms with Crippen LogP contribution in [0.25, 0.3) is 0 Å². The lowest BCUT2D eigenvalue weighted by atomic mass is 9.86. The van der Waals surface area contributed by atoms with Crippen molar-refractivity contribution in [3.05, 3.63) is 41.7 Å². The Labute approximate surface area is 119 Å². The van der Waals surface area contributed by atoms with Gasteiger partial charge in [-0.2, -0.15) is 4.98 Å². The molecule has 0 radical (unpaired) electrons. The summed E-state index contributed by atoms with van der Waals surface area (Å²) in [6.07, 6.45) is 1.40. The first-order valence-corrected chi connectivity index (χ1v) is 6.68. The average molecular weight is 271 g/mol. The zero-order valence-corrected chi connectivity index (χ0v) is 12.4. The Morgan fingerprint density at radius 2 is 1.75 bits per heavy atom. The summed E-state index contributed by atoms with van der Waals surface area (Å²) in [5.74, 6) is 0.711. The first-order valence-electron chi connectivity index (χ1n) is 6.68. The molecule has 3 N–H and O–H groups in total. The van der Waals surface area contributed by atoms with Crippen LogP contribution in [-0.2, 0) is 5.41 Å². The van der Waals surface area contributed by atoms with Crippen molar-refractivity contribution in [1.82, 2.24) is 15.0 Å². The van der Waals surface area contributed by atoms with E-state index in [4.69, 9.17) is 5.73 Å². The molecule has 0 spiro atoms. The molecule has 0 saturated carbocycles. The predicted octanol–water partition coefficient (Wildman–Crippen LogP) is 2.92. The van der Waals surface area contributed by atoms with E-state index in [9.17, 15) is 0 Å². The summed E-state index contributed by atoms with van der Waals surface area (Å²) in [5, 5.41) is 3.21. The molecular formula is C15H21N5. The van der Waals surface area contributed by atoms with Crippen LogP contribution >= 0.6 is 0 Å². The number of nitrogens with one attached hydrogen (secondary N) is 1. The second kappa shape index (κ2) is 5.45. The molecule has 2 aromatic rings. The largest absolute Gasteiger partial charge is 0.368 e. The molecule has 0 bridgehead atoms. The lowest BCUT2D eigenvalue weighted by Crippen LogP contribution is -2.13. The first kappa shape index (κ1) is 14.2. The lowest BCUT2D eigenvalue weighted by Gasteiger charge is -2.20. The fourth-order valence-corrected chi connectivity index (χ4v) is 1.93. The smallest absolute Gasteiger partial charge is 0.227 e. The molecule has 1 atom stereocenters. The van der Waals surface area contributed by atoms with Crippen molar-refractivity contribution in [3.8, 4) is 0 Å². The Morgan fingerprint density at radius 3 is 2.30 bits per heavy atom. The molecule has 0 aliphatic heterocycles. The molecule has 106 valence electrons. The minimum Gasteiger partial charge on any atom is -0.368 e. The maximum Gasteiger partial charge on any atom is 0.227 e. The van der Waals surface area contributed by atoms with Crippen LogP contribution in [0, 0.1) is 0 Å². The SMILES string of the molecule is CC(Nc1ncnc(N)n1)c1ccc(C(C)(C)C)cc1. The molecule has 0 fully saturated rings. The quantitative estimate of drug-likeness (QED) is 0.897. The van der Waals surface area contributed by atoms with Crippen molar-refractivity contribution < 1.29 is 0 Å². The van der Waals surface area contributed by atoms with Crippen LogP contribution in [0.5, 0.6) is 0 Å². The summed E-state index contributed by atoms with van der Waals surface area (Å²) in [4.78, 5) is 11.9. The number of hydrogen-bond donors (Lipinski definition) is 2. The molecule has 2 rings (SSSR count). The lowest BCUT2D eigenvalue weighted by molar-refractivity contribution is 0.589. The third-order valence-corrected chi connectivity index (χ3v) is 3.21. The monoisotopic (exact) mass is 271 g/mol. The number of aromatic nitrogens is 3. The van der Waals surface area contributed by atoms with E-state index in [1.807, 2.05) is 0 Å². The topological polar surface area (TPSA) is 76.7 Å². The summed E-state index contributed by atoms with van der Waals surface area (Å²) in [5.41, 5.74) is 8.20. The van der Waals surface area contributed by atoms with E-state index in [1.54, 1.807) is 0 Å². The molecule has 0 aliphatic carbocycles. The van der Waals surface area contributed by atoms with Gasteiger partial charge >= 0.3 is 0 Å². The van der Waals surface area contributed by atoms with Gasteiger partial charge in [-0.3, -0.25) is 0 Å². The van der Waals surface area contributed by atoms with Gasteiger partial charge in [-0.25, -0.2) is 9.97 Å². The van der Waals surface area contributed by atoms with Crippen molar-refractivity contribution in [2.45, 2.75) is 39.2 Å². The van der Waals surface area contributed by atoms with Crippen molar-refractivity contribution in [2.24, 2.45) is 0 Å². The van der Waals surface area contributed by atoms with E-state index in [0.29, 0.717) is 5.95 Å². The number of nitrogens with zero attached hydrogens (tertiary/aromatic N) is 3. The standard InChI is InChI=1S/C15H21N5/c1-10(19-14-18-9-17-13(16)20-14)11-5-7-12(8-6-11)15(2,3)4/h5-10H,1-4H3,(H3,16,17,18,19,20). The molecule has 1 heterocycles. The molecule has 1 aromatic heterocycles. The van der Waals surface area contributed by atoms with Gasteiger partial charge in [0.25, 0.3) is 0 Å². The van der Waals surface area contributed by atoms with Gasteiger partial charge in [0.15, 0.2) is 0 Å². The fourth-order valence-electron chi connectivity index (χ4n) is 1.93. The Balaban J connectivity index is 2.11. The number of anilines is 2. The Hall–Kier alpha value is -2.17. The van der Waals surface area contributed by atoms with Gasteiger partial charge in [0.05, 0.1) is 6.04 Å². The number of nitrogens with two attached hydrogens (primary N) is 1. The van der Waals surface area contributed by atoms with Crippen molar-refractivity contribution >= 4 is 11.9 Å². The van der Waals surface area contributed by atoms with Gasteiger partial charge < -0.3 is 11.1 Å². The van der Waals surface area contributed by atoms with Gasteiger partial charge in [0, 0.05) is 0 Å². The summed E-state index contributed by atoms with van der Waals surface area (Å²) in [6.45, 7) is 8.68. The predicted molar refractivity (Wildman–Crippen MR) is 81.4 cm³/mol. The minimum absolute atomic E-state index is 0.103. The normalized spacial score (nSPS) is 13.0. The fraction of sp³-hybridized carbons (Fsp3) is 0.400. The van der Waals surface area contributed by atoms with Crippen LogP contribution in [0.1, 0.15) is 44.9 Å². The van der Waals surface area contributed by atoms with Gasteiger partial charge in [-0.05, 0) is 23.5 Å². The van der Waals surface area contributed by atoms with Crippen LogP contribution in [0.2, 0.25) is 0 Å². The van der Waals surface area contributed by atoms with E-state index >= 15 is 0 Å². The van der Waals surface area contributed by atoms with Crippen molar-refractivity contribution in [2.75, 3.05) is 11.1 Å². The second-order valence-electron chi connectivity index (χ2n) is 5.91. The molecule has 5 nitrogen and oxygen atoms in total. The van der Waals surface area contributed by atoms with E-state index in [2.05, 4.69) is 72.2 Å². The highest BCUT2D eigenvalue weighted by atomic mass is 15.2. The highest BCUT2D eigenvalue weighted by molar-refractivity contribution is 5.35. The van der Waals surface area contributed by atoms with Gasteiger partial charge in [0.2, 0.25) is 11.9 Å². The maximum atomic E-state index is 5.54. The van der Waals surface area contributed by atoms with E-state index in [-0.39, 0.29) is 17.4 Å². The Bertz CT molecular complexity index is 572. The van der Waals surface area contributed by atoms with E-state index in [0.717, 1.165) is 0 Å². The highest BCUT2D eigenvalue weighted by Gasteiger charge is 2.14. The molecule has 5 heteroatoms. The number of hydrogen-bond acceptors (Lipinski definition) is 5. The summed E-state index contributed by atoms with van der Waals surface area (Å²) in [6, 6.07) is 8.68. The van der Waals surface area contributed by atoms with E-state index < -0.39 is 0 Å². The Kier molecular flexibility index (Phi) is 3.88. The van der Waals surface area contributed by atoms with Crippen molar-refractivity contribution in [3.63, 3.8) is 0 Å². The summed E-state index contributed by atoms with van der Waals surface area (Å²) < 4.78 is 0. The van der Waals surface area contributed by atoms with E-state index in [1.165, 1.54) is 17.5 Å². The molecule has 1 aromatic carbocycles. The summed E-state index contributed by atoms with van der Waals surface area (Å²) >= 11 is 0. The maximum absolute atomic E-state index is 5.54. The molecule has 0 aliphatic rings. The van der Waals surface area contributed by atoms with Crippen LogP contribution in [0.15, 0.2) is 30.6 Å². The Morgan fingerprint density at radius 1 is 1.10 bits per heavy atom. The molecule has 1 unspecified atom stereocenters. The molecule has 0 amide bonds. The zero-order chi connectivity index (χ0) is 14.8. The van der Waals surface area contributed by atoms with Crippen LogP contribution in [0.3, 0.4) is 0 Å². The first-order chi connectivity index (χ1) is 9.36. The average Bonchev–Trinajstić information content (AvgIpc) is 2.38. The molecule has 0 saturated heterocycles. The van der Waals surface area contributed by atoms with Gasteiger partial charge in [-0.1, -0.05) is 45.0 Å². The van der Waals surface area contributed by atoms with Gasteiger partial charge in [0.1, 0.15) is 6.33 Å². The number of nitrogen functional groups attached to an aromatic ring is 1. The molecular weight excluding hydrogens is 250 g/mol. The highest BCUT2D eigenvalue weighted by Crippen LogP contribution is 2.24. The molecule has 20 heavy (non-hydrogen) atoms. The number of rotatable bonds is 3. The zero-order valence-electron chi connectivity index (χ0n) is 12.4. The van der Waals surface area contributed by atoms with Gasteiger partial charge in [-0.15, -0.1) is 0 Å².